The lowest BCUT2D eigenvalue weighted by molar-refractivity contribution is 0.533. The van der Waals surface area contributed by atoms with Gasteiger partial charge in [-0.25, -0.2) is 4.98 Å². The molecule has 0 saturated carbocycles. The Balaban J connectivity index is 1.98. The third-order valence-corrected chi connectivity index (χ3v) is 4.34. The molecule has 1 atom stereocenters. The van der Waals surface area contributed by atoms with E-state index in [1.165, 1.54) is 12.3 Å². The lowest BCUT2D eigenvalue weighted by Gasteiger charge is -2.25. The van der Waals surface area contributed by atoms with Crippen molar-refractivity contribution in [1.82, 2.24) is 4.98 Å². The van der Waals surface area contributed by atoms with Crippen molar-refractivity contribution in [1.29, 1.82) is 0 Å². The summed E-state index contributed by atoms with van der Waals surface area (Å²) in [5, 5.41) is 9.18. The molecule has 1 unspecified atom stereocenters. The predicted octanol–water partition coefficient (Wildman–Crippen LogP) is 5.70. The Morgan fingerprint density at radius 3 is 2.00 bits per heavy atom. The molecule has 0 aliphatic carbocycles. The third-order valence-electron chi connectivity index (χ3n) is 4.34. The normalized spacial score (nSPS) is 13.1. The molecule has 0 spiro atoms. The monoisotopic (exact) mass is 333 g/mol. The molecule has 3 rings (SSSR count). The zero-order chi connectivity index (χ0) is 17.7. The average Bonchev–Trinajstić information content (AvgIpc) is 2.67. The highest BCUT2D eigenvalue weighted by molar-refractivity contribution is 5.37. The Kier molecular flexibility index (Phi) is 4.98. The van der Waals surface area contributed by atoms with Crippen molar-refractivity contribution in [2.75, 3.05) is 0 Å². The molecule has 0 N–H and O–H groups in total. The second kappa shape index (κ2) is 7.34. The topological polar surface area (TPSA) is 37.6 Å². The van der Waals surface area contributed by atoms with Crippen LogP contribution in [0.4, 0.5) is 4.39 Å². The van der Waals surface area contributed by atoms with Crippen LogP contribution in [0.5, 0.6) is 0 Å². The number of hydrogen-bond acceptors (Lipinski definition) is 3. The third kappa shape index (κ3) is 3.79. The molecule has 3 aromatic rings. The zero-order valence-electron chi connectivity index (χ0n) is 14.3. The Morgan fingerprint density at radius 2 is 1.48 bits per heavy atom. The van der Waals surface area contributed by atoms with E-state index in [1.54, 1.807) is 6.07 Å². The van der Waals surface area contributed by atoms with Gasteiger partial charge in [0, 0.05) is 6.20 Å². The van der Waals surface area contributed by atoms with E-state index >= 15 is 0 Å². The van der Waals surface area contributed by atoms with E-state index in [2.05, 4.69) is 15.2 Å². The molecule has 0 aliphatic heterocycles. The summed E-state index contributed by atoms with van der Waals surface area (Å²) >= 11 is 0. The van der Waals surface area contributed by atoms with Crippen molar-refractivity contribution in [3.63, 3.8) is 0 Å². The van der Waals surface area contributed by atoms with Crippen LogP contribution in [0.2, 0.25) is 0 Å². The first-order chi connectivity index (χ1) is 12.1. The van der Waals surface area contributed by atoms with E-state index in [9.17, 15) is 4.39 Å². The summed E-state index contributed by atoms with van der Waals surface area (Å²) in [6, 6.07) is 23.0. The van der Waals surface area contributed by atoms with E-state index in [0.29, 0.717) is 0 Å². The summed E-state index contributed by atoms with van der Waals surface area (Å²) in [6.45, 7) is 3.94. The molecule has 0 radical (unpaired) electrons. The van der Waals surface area contributed by atoms with Gasteiger partial charge in [0.1, 0.15) is 5.54 Å². The van der Waals surface area contributed by atoms with Crippen LogP contribution in [0.3, 0.4) is 0 Å². The van der Waals surface area contributed by atoms with Crippen LogP contribution < -0.4 is 0 Å². The van der Waals surface area contributed by atoms with Gasteiger partial charge in [-0.1, -0.05) is 60.7 Å². The first-order valence-corrected chi connectivity index (χ1v) is 8.24. The van der Waals surface area contributed by atoms with Crippen molar-refractivity contribution in [2.24, 2.45) is 10.2 Å². The van der Waals surface area contributed by atoms with Crippen molar-refractivity contribution in [3.8, 4) is 0 Å². The summed E-state index contributed by atoms with van der Waals surface area (Å²) in [7, 11) is 0. The van der Waals surface area contributed by atoms with Crippen molar-refractivity contribution < 1.29 is 4.39 Å². The predicted molar refractivity (Wildman–Crippen MR) is 96.8 cm³/mol. The fraction of sp³-hybridized carbons (Fsp3) is 0.190. The summed E-state index contributed by atoms with van der Waals surface area (Å²) in [5.41, 5.74) is 2.25. The molecule has 0 aliphatic rings. The first-order valence-electron chi connectivity index (χ1n) is 8.24. The van der Waals surface area contributed by atoms with Gasteiger partial charge in [0.25, 0.3) is 0 Å². The van der Waals surface area contributed by atoms with E-state index in [1.807, 2.05) is 74.5 Å². The van der Waals surface area contributed by atoms with E-state index in [0.717, 1.165) is 16.7 Å². The van der Waals surface area contributed by atoms with Gasteiger partial charge < -0.3 is 0 Å². The van der Waals surface area contributed by atoms with Crippen LogP contribution in [-0.4, -0.2) is 4.98 Å². The van der Waals surface area contributed by atoms with Crippen LogP contribution in [0.15, 0.2) is 89.2 Å². The molecular formula is C21H20FN3. The molecule has 3 nitrogen and oxygen atoms in total. The lowest BCUT2D eigenvalue weighted by Crippen LogP contribution is -2.20. The van der Waals surface area contributed by atoms with Crippen molar-refractivity contribution in [2.45, 2.75) is 25.4 Å². The highest BCUT2D eigenvalue weighted by atomic mass is 19.1. The Bertz CT molecular complexity index is 808. The molecule has 0 saturated heterocycles. The van der Waals surface area contributed by atoms with Gasteiger partial charge in [-0.3, -0.25) is 0 Å². The second-order valence-electron chi connectivity index (χ2n) is 6.11. The summed E-state index contributed by atoms with van der Waals surface area (Å²) in [5.74, 6) is -0.506. The molecule has 25 heavy (non-hydrogen) atoms. The van der Waals surface area contributed by atoms with Crippen molar-refractivity contribution >= 4 is 0 Å². The van der Waals surface area contributed by atoms with Gasteiger partial charge in [-0.15, -0.1) is 0 Å². The number of pyridine rings is 1. The minimum Gasteiger partial charge on any atom is -0.228 e. The number of aromatic nitrogens is 1. The fourth-order valence-electron chi connectivity index (χ4n) is 2.75. The molecule has 4 heteroatoms. The van der Waals surface area contributed by atoms with Gasteiger partial charge in [0.05, 0.1) is 6.04 Å². The van der Waals surface area contributed by atoms with Crippen LogP contribution in [0, 0.1) is 5.95 Å². The number of rotatable bonds is 5. The van der Waals surface area contributed by atoms with Crippen LogP contribution in [-0.2, 0) is 5.54 Å². The number of azo groups is 1. The van der Waals surface area contributed by atoms with Gasteiger partial charge >= 0.3 is 0 Å². The van der Waals surface area contributed by atoms with Gasteiger partial charge in [0.15, 0.2) is 0 Å². The summed E-state index contributed by atoms with van der Waals surface area (Å²) < 4.78 is 13.3. The minimum absolute atomic E-state index is 0.260. The number of benzene rings is 2. The van der Waals surface area contributed by atoms with Crippen LogP contribution >= 0.6 is 0 Å². The van der Waals surface area contributed by atoms with Gasteiger partial charge in [-0.2, -0.15) is 14.6 Å². The van der Waals surface area contributed by atoms with Gasteiger partial charge in [-0.05, 0) is 42.7 Å². The van der Waals surface area contributed by atoms with Crippen LogP contribution in [0.1, 0.15) is 36.6 Å². The molecule has 2 aromatic carbocycles. The largest absolute Gasteiger partial charge is 0.228 e. The maximum absolute atomic E-state index is 13.3. The Morgan fingerprint density at radius 1 is 0.920 bits per heavy atom. The first kappa shape index (κ1) is 17.0. The van der Waals surface area contributed by atoms with E-state index in [-0.39, 0.29) is 6.04 Å². The van der Waals surface area contributed by atoms with Crippen molar-refractivity contribution in [3.05, 3.63) is 102 Å². The standard InChI is InChI=1S/C21H20FN3/c1-16(17-13-14-23-20(22)15-17)24-25-21(2,18-9-5-3-6-10-18)19-11-7-4-8-12-19/h3-16H,1-2H3. The highest BCUT2D eigenvalue weighted by Crippen LogP contribution is 2.34. The zero-order valence-corrected chi connectivity index (χ0v) is 14.3. The second-order valence-corrected chi connectivity index (χ2v) is 6.11. The molecule has 1 aromatic heterocycles. The number of halogens is 1. The summed E-state index contributed by atoms with van der Waals surface area (Å²) in [4.78, 5) is 3.59. The molecular weight excluding hydrogens is 313 g/mol. The lowest BCUT2D eigenvalue weighted by atomic mass is 9.85. The van der Waals surface area contributed by atoms with Gasteiger partial charge in [0.2, 0.25) is 5.95 Å². The van der Waals surface area contributed by atoms with E-state index < -0.39 is 11.5 Å². The summed E-state index contributed by atoms with van der Waals surface area (Å²) in [6.07, 6.45) is 1.45. The quantitative estimate of drug-likeness (QED) is 0.436. The maximum Gasteiger partial charge on any atom is 0.213 e. The molecule has 0 amide bonds. The Labute approximate surface area is 147 Å². The highest BCUT2D eigenvalue weighted by Gasteiger charge is 2.28. The Hall–Kier alpha value is -2.88. The maximum atomic E-state index is 13.3. The van der Waals surface area contributed by atoms with Crippen LogP contribution in [0.25, 0.3) is 0 Å². The smallest absolute Gasteiger partial charge is 0.213 e. The number of hydrogen-bond donors (Lipinski definition) is 0. The SMILES string of the molecule is CC(N=NC(C)(c1ccccc1)c1ccccc1)c1ccnc(F)c1. The molecule has 0 fully saturated rings. The fourth-order valence-corrected chi connectivity index (χ4v) is 2.75. The molecule has 126 valence electrons. The molecule has 0 bridgehead atoms. The van der Waals surface area contributed by atoms with E-state index in [4.69, 9.17) is 0 Å². The molecule has 1 heterocycles. The minimum atomic E-state index is -0.609. The average molecular weight is 333 g/mol. The number of nitrogens with zero attached hydrogens (tertiary/aromatic N) is 3.